The minimum atomic E-state index is -0.739. The van der Waals surface area contributed by atoms with Gasteiger partial charge in [0, 0.05) is 28.7 Å². The number of hydrogen-bond acceptors (Lipinski definition) is 8. The van der Waals surface area contributed by atoms with Crippen LogP contribution < -0.4 is 9.47 Å². The molecule has 0 unspecified atom stereocenters. The second-order valence-corrected chi connectivity index (χ2v) is 7.08. The van der Waals surface area contributed by atoms with E-state index in [0.717, 1.165) is 0 Å². The third kappa shape index (κ3) is 4.47. The van der Waals surface area contributed by atoms with Crippen LogP contribution in [0, 0.1) is 27.9 Å². The van der Waals surface area contributed by atoms with Crippen LogP contribution in [0.1, 0.15) is 30.1 Å². The van der Waals surface area contributed by atoms with Gasteiger partial charge in [-0.1, -0.05) is 6.92 Å². The highest BCUT2D eigenvalue weighted by Crippen LogP contribution is 2.36. The second-order valence-electron chi connectivity index (χ2n) is 7.08. The summed E-state index contributed by atoms with van der Waals surface area (Å²) in [4.78, 5) is 46.8. The maximum Gasteiger partial charge on any atom is 0.306 e. The number of ether oxygens (including phenoxy) is 3. The molecule has 3 atom stereocenters. The Morgan fingerprint density at radius 2 is 1.96 bits per heavy atom. The van der Waals surface area contributed by atoms with Crippen LogP contribution in [0.15, 0.2) is 18.2 Å². The number of nitro groups is 1. The molecule has 0 aromatic heterocycles. The summed E-state index contributed by atoms with van der Waals surface area (Å²) in [5.41, 5.74) is 0.314. The van der Waals surface area contributed by atoms with Gasteiger partial charge in [-0.25, -0.2) is 0 Å². The largest absolute Gasteiger partial charge is 0.486 e. The summed E-state index contributed by atoms with van der Waals surface area (Å²) in [6.45, 7) is 1.76. The van der Waals surface area contributed by atoms with Crippen molar-refractivity contribution in [3.8, 4) is 11.5 Å². The monoisotopic (exact) mass is 391 g/mol. The first-order chi connectivity index (χ1) is 13.3. The predicted molar refractivity (Wildman–Crippen MR) is 95.0 cm³/mol. The number of carbonyl (C=O) groups is 3. The third-order valence-electron chi connectivity index (χ3n) is 5.16. The molecule has 2 aliphatic rings. The molecule has 0 N–H and O–H groups in total. The lowest BCUT2D eigenvalue weighted by molar-refractivity contribution is -0.490. The number of ketones is 2. The molecule has 9 nitrogen and oxygen atoms in total. The van der Waals surface area contributed by atoms with Gasteiger partial charge in [-0.3, -0.25) is 24.5 Å². The molecule has 0 radical (unpaired) electrons. The number of Topliss-reactive ketones (excluding diaryl/α,β-unsaturated/α-hetero) is 2. The molecule has 9 heteroatoms. The van der Waals surface area contributed by atoms with Crippen LogP contribution >= 0.6 is 0 Å². The molecule has 3 rings (SSSR count). The first-order valence-corrected chi connectivity index (χ1v) is 9.08. The van der Waals surface area contributed by atoms with Crippen molar-refractivity contribution in [2.45, 2.75) is 19.8 Å². The van der Waals surface area contributed by atoms with Crippen LogP contribution in [0.4, 0.5) is 0 Å². The molecule has 1 aliphatic heterocycles. The van der Waals surface area contributed by atoms with Gasteiger partial charge in [0.15, 0.2) is 23.9 Å². The number of nitrogens with zero attached hydrogens (tertiary/aromatic N) is 1. The van der Waals surface area contributed by atoms with Gasteiger partial charge in [0.25, 0.3) is 0 Å². The molecule has 1 aliphatic carbocycles. The highest BCUT2D eigenvalue weighted by atomic mass is 16.6. The lowest BCUT2D eigenvalue weighted by atomic mass is 9.88. The summed E-state index contributed by atoms with van der Waals surface area (Å²) in [6, 6.07) is 4.70. The number of fused-ring (bicyclic) bond motifs is 1. The van der Waals surface area contributed by atoms with E-state index < -0.39 is 35.1 Å². The third-order valence-corrected chi connectivity index (χ3v) is 5.16. The number of benzene rings is 1. The van der Waals surface area contributed by atoms with E-state index in [-0.39, 0.29) is 31.1 Å². The van der Waals surface area contributed by atoms with Gasteiger partial charge < -0.3 is 14.2 Å². The van der Waals surface area contributed by atoms with E-state index in [1.807, 2.05) is 0 Å². The fraction of sp³-hybridized carbons (Fsp3) is 0.526. The molecular formula is C19H21NO8. The highest BCUT2D eigenvalue weighted by Gasteiger charge is 2.44. The Labute approximate surface area is 161 Å². The Hall–Kier alpha value is -2.97. The molecule has 28 heavy (non-hydrogen) atoms. The summed E-state index contributed by atoms with van der Waals surface area (Å²) in [5.74, 6) is -1.70. The van der Waals surface area contributed by atoms with E-state index in [1.54, 1.807) is 19.1 Å². The highest BCUT2D eigenvalue weighted by molar-refractivity contribution is 5.98. The van der Waals surface area contributed by atoms with Crippen LogP contribution in [-0.2, 0) is 14.3 Å². The molecule has 1 aromatic rings. The van der Waals surface area contributed by atoms with Gasteiger partial charge in [-0.15, -0.1) is 0 Å². The van der Waals surface area contributed by atoms with E-state index in [2.05, 4.69) is 0 Å². The predicted octanol–water partition coefficient (Wildman–Crippen LogP) is 1.69. The van der Waals surface area contributed by atoms with E-state index in [4.69, 9.17) is 14.2 Å². The van der Waals surface area contributed by atoms with Crippen molar-refractivity contribution in [2.24, 2.45) is 17.8 Å². The summed E-state index contributed by atoms with van der Waals surface area (Å²) in [7, 11) is 0. The van der Waals surface area contributed by atoms with Gasteiger partial charge in [0.1, 0.15) is 19.0 Å². The van der Waals surface area contributed by atoms with Crippen LogP contribution in [0.5, 0.6) is 11.5 Å². The standard InChI is InChI=1S/C19H21NO8/c1-11-6-15(21)13(14(11)9-20(24)25)8-19(23)28-10-16(22)12-2-3-17-18(7-12)27-5-4-26-17/h2-3,7,11,13-14H,4-6,8-10H2,1H3/t11-,13-,14+/m0/s1. The smallest absolute Gasteiger partial charge is 0.306 e. The zero-order valence-electron chi connectivity index (χ0n) is 15.4. The van der Waals surface area contributed by atoms with Gasteiger partial charge in [-0.05, 0) is 24.1 Å². The quantitative estimate of drug-likeness (QED) is 0.298. The normalized spacial score (nSPS) is 23.3. The number of carbonyl (C=O) groups excluding carboxylic acids is 3. The maximum atomic E-state index is 12.3. The van der Waals surface area contributed by atoms with Crippen molar-refractivity contribution in [3.05, 3.63) is 33.9 Å². The van der Waals surface area contributed by atoms with Crippen LogP contribution in [0.25, 0.3) is 0 Å². The second kappa shape index (κ2) is 8.37. The number of esters is 1. The fourth-order valence-corrected chi connectivity index (χ4v) is 3.68. The van der Waals surface area contributed by atoms with Gasteiger partial charge in [0.2, 0.25) is 6.54 Å². The summed E-state index contributed by atoms with van der Waals surface area (Å²) in [6.07, 6.45) is -0.0390. The Kier molecular flexibility index (Phi) is 5.91. The summed E-state index contributed by atoms with van der Waals surface area (Å²) >= 11 is 0. The topological polar surface area (TPSA) is 122 Å². The molecule has 1 fully saturated rings. The van der Waals surface area contributed by atoms with Crippen molar-refractivity contribution in [3.63, 3.8) is 0 Å². The summed E-state index contributed by atoms with van der Waals surface area (Å²) in [5, 5.41) is 10.8. The first-order valence-electron chi connectivity index (χ1n) is 9.08. The Morgan fingerprint density at radius 3 is 2.68 bits per heavy atom. The van der Waals surface area contributed by atoms with Crippen molar-refractivity contribution >= 4 is 17.5 Å². The number of rotatable bonds is 7. The molecule has 0 saturated heterocycles. The Bertz CT molecular complexity index is 805. The zero-order chi connectivity index (χ0) is 20.3. The zero-order valence-corrected chi connectivity index (χ0v) is 15.4. The van der Waals surface area contributed by atoms with E-state index in [0.29, 0.717) is 30.3 Å². The number of hydrogen-bond donors (Lipinski definition) is 0. The van der Waals surface area contributed by atoms with Crippen molar-refractivity contribution in [1.82, 2.24) is 0 Å². The van der Waals surface area contributed by atoms with Crippen molar-refractivity contribution in [1.29, 1.82) is 0 Å². The summed E-state index contributed by atoms with van der Waals surface area (Å²) < 4.78 is 15.8. The lowest BCUT2D eigenvalue weighted by Gasteiger charge is -2.18. The minimum Gasteiger partial charge on any atom is -0.486 e. The van der Waals surface area contributed by atoms with E-state index in [1.165, 1.54) is 6.07 Å². The van der Waals surface area contributed by atoms with Crippen LogP contribution in [-0.4, -0.2) is 48.8 Å². The Morgan fingerprint density at radius 1 is 1.25 bits per heavy atom. The molecular weight excluding hydrogens is 370 g/mol. The Balaban J connectivity index is 1.55. The van der Waals surface area contributed by atoms with Crippen LogP contribution in [0.3, 0.4) is 0 Å². The SMILES string of the molecule is C[C@H]1CC(=O)[C@@H](CC(=O)OCC(=O)c2ccc3c(c2)OCCO3)[C@@H]1C[N+](=O)[O-]. The average Bonchev–Trinajstić information content (AvgIpc) is 2.92. The molecule has 1 heterocycles. The molecule has 0 spiro atoms. The first kappa shape index (κ1) is 19.8. The van der Waals surface area contributed by atoms with E-state index in [9.17, 15) is 24.5 Å². The van der Waals surface area contributed by atoms with Gasteiger partial charge in [-0.2, -0.15) is 0 Å². The molecule has 0 amide bonds. The maximum absolute atomic E-state index is 12.3. The van der Waals surface area contributed by atoms with E-state index >= 15 is 0 Å². The molecule has 150 valence electrons. The van der Waals surface area contributed by atoms with Crippen molar-refractivity contribution in [2.75, 3.05) is 26.4 Å². The fourth-order valence-electron chi connectivity index (χ4n) is 3.68. The lowest BCUT2D eigenvalue weighted by Crippen LogP contribution is -2.28. The molecule has 0 bridgehead atoms. The average molecular weight is 391 g/mol. The minimum absolute atomic E-state index is 0.157. The molecule has 1 saturated carbocycles. The van der Waals surface area contributed by atoms with Gasteiger partial charge in [0.05, 0.1) is 6.42 Å². The van der Waals surface area contributed by atoms with Gasteiger partial charge >= 0.3 is 5.97 Å². The van der Waals surface area contributed by atoms with Crippen LogP contribution in [0.2, 0.25) is 0 Å². The van der Waals surface area contributed by atoms with Crippen molar-refractivity contribution < 1.29 is 33.5 Å². The molecule has 1 aromatic carbocycles.